The first kappa shape index (κ1) is 15.9. The van der Waals surface area contributed by atoms with Crippen LogP contribution in [0.25, 0.3) is 0 Å². The Hall–Kier alpha value is -1.53. The van der Waals surface area contributed by atoms with E-state index >= 15 is 0 Å². The molecule has 1 aliphatic rings. The van der Waals surface area contributed by atoms with E-state index in [0.29, 0.717) is 17.9 Å². The van der Waals surface area contributed by atoms with Crippen molar-refractivity contribution in [2.75, 3.05) is 7.05 Å². The molecule has 0 heterocycles. The minimum Gasteiger partial charge on any atom is -0.338 e. The largest absolute Gasteiger partial charge is 0.338 e. The average molecular weight is 305 g/mol. The molecule has 0 N–H and O–H groups in total. The van der Waals surface area contributed by atoms with E-state index in [4.69, 9.17) is 11.6 Å². The molecule has 1 unspecified atom stereocenters. The summed E-state index contributed by atoms with van der Waals surface area (Å²) in [4.78, 5) is 14.5. The van der Waals surface area contributed by atoms with Gasteiger partial charge in [-0.25, -0.2) is 0 Å². The van der Waals surface area contributed by atoms with Gasteiger partial charge in [0.1, 0.15) is 5.41 Å². The molecule has 0 bridgehead atoms. The number of hydrogen-bond acceptors (Lipinski definition) is 2. The van der Waals surface area contributed by atoms with Crippen molar-refractivity contribution in [2.45, 2.75) is 45.1 Å². The van der Waals surface area contributed by atoms with Crippen LogP contribution in [0.4, 0.5) is 0 Å². The topological polar surface area (TPSA) is 44.1 Å². The summed E-state index contributed by atoms with van der Waals surface area (Å²) in [5, 5.41) is 10.2. The van der Waals surface area contributed by atoms with Crippen LogP contribution in [0.2, 0.25) is 5.02 Å². The van der Waals surface area contributed by atoms with Gasteiger partial charge in [0.2, 0.25) is 5.91 Å². The molecule has 0 aliphatic heterocycles. The summed E-state index contributed by atoms with van der Waals surface area (Å²) >= 11 is 6.22. The normalized spacial score (nSPS) is 18.6. The molecule has 1 saturated carbocycles. The molecule has 3 nitrogen and oxygen atoms in total. The molecule has 1 aromatic carbocycles. The van der Waals surface area contributed by atoms with Crippen LogP contribution in [0.1, 0.15) is 50.6 Å². The summed E-state index contributed by atoms with van der Waals surface area (Å²) in [7, 11) is 1.77. The molecule has 2 rings (SSSR count). The number of rotatable bonds is 3. The number of hydrogen-bond donors (Lipinski definition) is 0. The third kappa shape index (κ3) is 3.06. The van der Waals surface area contributed by atoms with Gasteiger partial charge in [0.15, 0.2) is 0 Å². The minimum atomic E-state index is -0.845. The van der Waals surface area contributed by atoms with E-state index in [1.807, 2.05) is 31.2 Å². The van der Waals surface area contributed by atoms with Crippen LogP contribution in [-0.4, -0.2) is 17.9 Å². The molecule has 112 valence electrons. The lowest BCUT2D eigenvalue weighted by Gasteiger charge is -2.36. The lowest BCUT2D eigenvalue weighted by Crippen LogP contribution is -2.43. The monoisotopic (exact) mass is 304 g/mol. The van der Waals surface area contributed by atoms with Gasteiger partial charge >= 0.3 is 0 Å². The summed E-state index contributed by atoms with van der Waals surface area (Å²) < 4.78 is 0. The molecule has 0 aromatic heterocycles. The highest BCUT2D eigenvalue weighted by Gasteiger charge is 2.42. The van der Waals surface area contributed by atoms with Crippen LogP contribution in [-0.2, 0) is 4.79 Å². The van der Waals surface area contributed by atoms with Gasteiger partial charge < -0.3 is 4.90 Å². The molecule has 1 aromatic rings. The van der Waals surface area contributed by atoms with Crippen molar-refractivity contribution in [3.8, 4) is 6.07 Å². The Morgan fingerprint density at radius 3 is 2.52 bits per heavy atom. The maximum absolute atomic E-state index is 12.8. The Kier molecular flexibility index (Phi) is 4.90. The van der Waals surface area contributed by atoms with Crippen molar-refractivity contribution in [1.82, 2.24) is 4.90 Å². The number of nitriles is 1. The second-order valence-electron chi connectivity index (χ2n) is 5.87. The number of nitrogens with zero attached hydrogens (tertiary/aromatic N) is 2. The molecule has 0 radical (unpaired) electrons. The fourth-order valence-corrected chi connectivity index (χ4v) is 3.36. The van der Waals surface area contributed by atoms with E-state index in [2.05, 4.69) is 6.07 Å². The fraction of sp³-hybridized carbons (Fsp3) is 0.529. The van der Waals surface area contributed by atoms with Gasteiger partial charge in [0.05, 0.1) is 12.1 Å². The quantitative estimate of drug-likeness (QED) is 0.834. The summed E-state index contributed by atoms with van der Waals surface area (Å²) in [6, 6.07) is 9.69. The zero-order valence-corrected chi connectivity index (χ0v) is 13.4. The molecule has 4 heteroatoms. The number of carbonyl (C=O) groups is 1. The predicted octanol–water partition coefficient (Wildman–Crippen LogP) is 4.33. The first-order valence-electron chi connectivity index (χ1n) is 7.45. The van der Waals surface area contributed by atoms with Crippen LogP contribution in [0, 0.1) is 16.7 Å². The van der Waals surface area contributed by atoms with Crippen molar-refractivity contribution < 1.29 is 4.79 Å². The molecule has 1 amide bonds. The highest BCUT2D eigenvalue weighted by molar-refractivity contribution is 6.31. The fourth-order valence-electron chi connectivity index (χ4n) is 3.06. The average Bonchev–Trinajstić information content (AvgIpc) is 2.54. The number of halogens is 1. The molecular weight excluding hydrogens is 284 g/mol. The van der Waals surface area contributed by atoms with Gasteiger partial charge in [0, 0.05) is 12.1 Å². The Bertz CT molecular complexity index is 558. The Balaban J connectivity index is 2.22. The maximum atomic E-state index is 12.8. The Labute approximate surface area is 131 Å². The standard InChI is InChI=1S/C17H21ClN2O/c1-13(14-8-4-5-9-15(14)18)20(2)16(21)17(12-19)10-6-3-7-11-17/h4-5,8-9,13H,3,6-7,10-11H2,1-2H3. The minimum absolute atomic E-state index is 0.0721. The van der Waals surface area contributed by atoms with Crippen molar-refractivity contribution in [1.29, 1.82) is 5.26 Å². The van der Waals surface area contributed by atoms with E-state index in [0.717, 1.165) is 24.8 Å². The predicted molar refractivity (Wildman–Crippen MR) is 83.8 cm³/mol. The van der Waals surface area contributed by atoms with Crippen molar-refractivity contribution in [3.05, 3.63) is 34.9 Å². The van der Waals surface area contributed by atoms with Crippen molar-refractivity contribution >= 4 is 17.5 Å². The van der Waals surface area contributed by atoms with Crippen LogP contribution >= 0.6 is 11.6 Å². The van der Waals surface area contributed by atoms with Gasteiger partial charge in [-0.3, -0.25) is 4.79 Å². The Morgan fingerprint density at radius 2 is 1.95 bits per heavy atom. The first-order valence-corrected chi connectivity index (χ1v) is 7.82. The Morgan fingerprint density at radius 1 is 1.33 bits per heavy atom. The maximum Gasteiger partial charge on any atom is 0.243 e. The van der Waals surface area contributed by atoms with Crippen LogP contribution in [0.5, 0.6) is 0 Å². The summed E-state index contributed by atoms with van der Waals surface area (Å²) in [5.41, 5.74) is 0.0709. The van der Waals surface area contributed by atoms with Gasteiger partial charge in [-0.2, -0.15) is 5.26 Å². The molecule has 0 spiro atoms. The molecule has 21 heavy (non-hydrogen) atoms. The van der Waals surface area contributed by atoms with E-state index in [-0.39, 0.29) is 11.9 Å². The molecule has 1 atom stereocenters. The lowest BCUT2D eigenvalue weighted by atomic mass is 9.74. The summed E-state index contributed by atoms with van der Waals surface area (Å²) in [5.74, 6) is -0.0721. The van der Waals surface area contributed by atoms with Crippen LogP contribution in [0.15, 0.2) is 24.3 Å². The summed E-state index contributed by atoms with van der Waals surface area (Å²) in [6.45, 7) is 1.95. The van der Waals surface area contributed by atoms with Gasteiger partial charge in [-0.15, -0.1) is 0 Å². The van der Waals surface area contributed by atoms with Crippen molar-refractivity contribution in [3.63, 3.8) is 0 Å². The molecule has 1 fully saturated rings. The number of amides is 1. The third-order valence-electron chi connectivity index (χ3n) is 4.59. The van der Waals surface area contributed by atoms with Crippen molar-refractivity contribution in [2.24, 2.45) is 5.41 Å². The second-order valence-corrected chi connectivity index (χ2v) is 6.28. The summed E-state index contributed by atoms with van der Waals surface area (Å²) in [6.07, 6.45) is 4.35. The molecule has 0 saturated heterocycles. The molecular formula is C17H21ClN2O. The third-order valence-corrected chi connectivity index (χ3v) is 4.93. The van der Waals surface area contributed by atoms with E-state index in [9.17, 15) is 10.1 Å². The smallest absolute Gasteiger partial charge is 0.243 e. The van der Waals surface area contributed by atoms with Gasteiger partial charge in [-0.05, 0) is 31.4 Å². The SMILES string of the molecule is CC(c1ccccc1Cl)N(C)C(=O)C1(C#N)CCCCC1. The van der Waals surface area contributed by atoms with E-state index < -0.39 is 5.41 Å². The number of benzene rings is 1. The first-order chi connectivity index (χ1) is 10.0. The van der Waals surface area contributed by atoms with E-state index in [1.54, 1.807) is 11.9 Å². The van der Waals surface area contributed by atoms with Crippen LogP contribution in [0.3, 0.4) is 0 Å². The van der Waals surface area contributed by atoms with Crippen LogP contribution < -0.4 is 0 Å². The van der Waals surface area contributed by atoms with Gasteiger partial charge in [-0.1, -0.05) is 49.1 Å². The lowest BCUT2D eigenvalue weighted by molar-refractivity contribution is -0.141. The second kappa shape index (κ2) is 6.49. The zero-order valence-electron chi connectivity index (χ0n) is 12.6. The van der Waals surface area contributed by atoms with E-state index in [1.165, 1.54) is 0 Å². The highest BCUT2D eigenvalue weighted by atomic mass is 35.5. The number of carbonyl (C=O) groups excluding carboxylic acids is 1. The molecule has 1 aliphatic carbocycles. The highest BCUT2D eigenvalue weighted by Crippen LogP contribution is 2.39. The zero-order chi connectivity index (χ0) is 15.5. The van der Waals surface area contributed by atoms with Gasteiger partial charge in [0.25, 0.3) is 0 Å².